The maximum absolute atomic E-state index is 5.51. The van der Waals surface area contributed by atoms with Crippen molar-refractivity contribution >= 4 is 23.2 Å². The Labute approximate surface area is 108 Å². The van der Waals surface area contributed by atoms with E-state index in [0.717, 1.165) is 0 Å². The molecule has 1 aromatic heterocycles. The number of hydrogen-bond donors (Lipinski definition) is 0. The summed E-state index contributed by atoms with van der Waals surface area (Å²) in [6.07, 6.45) is 1.59. The van der Waals surface area contributed by atoms with E-state index in [2.05, 4.69) is 4.98 Å². The van der Waals surface area contributed by atoms with Gasteiger partial charge in [0.25, 0.3) is 0 Å². The van der Waals surface area contributed by atoms with Crippen molar-refractivity contribution in [3.63, 3.8) is 0 Å². The fraction of sp³-hybridized carbons (Fsp3) is 0. The first-order valence-electron chi connectivity index (χ1n) is 2.07. The van der Waals surface area contributed by atoms with Crippen LogP contribution in [0, 0.1) is 0 Å². The molecule has 0 N–H and O–H groups in total. The molecule has 9 heavy (non-hydrogen) atoms. The first-order valence-corrected chi connectivity index (χ1v) is 2.82. The summed E-state index contributed by atoms with van der Waals surface area (Å²) in [4.78, 5) is 3.71. The zero-order chi connectivity index (χ0) is 5.98. The van der Waals surface area contributed by atoms with Crippen LogP contribution in [-0.2, 0) is 0 Å². The smallest absolute Gasteiger partial charge is 1.00 e. The molecule has 1 aromatic rings. The molecule has 1 heterocycles. The molecular formula is C5H4Cl2KN. The summed E-state index contributed by atoms with van der Waals surface area (Å²) in [6, 6.07) is 3.42. The van der Waals surface area contributed by atoms with E-state index in [1.54, 1.807) is 18.3 Å². The average Bonchev–Trinajstić information content (AvgIpc) is 1.77. The fourth-order valence-corrected chi connectivity index (χ4v) is 0.607. The van der Waals surface area contributed by atoms with Crippen molar-refractivity contribution in [2.24, 2.45) is 0 Å². The molecule has 0 saturated carbocycles. The van der Waals surface area contributed by atoms with Gasteiger partial charge in [-0.15, -0.1) is 0 Å². The monoisotopic (exact) mass is 187 g/mol. The van der Waals surface area contributed by atoms with Crippen LogP contribution in [0.2, 0.25) is 10.2 Å². The average molecular weight is 188 g/mol. The summed E-state index contributed by atoms with van der Waals surface area (Å²) in [5.41, 5.74) is 0. The van der Waals surface area contributed by atoms with Gasteiger partial charge in [-0.2, -0.15) is 0 Å². The van der Waals surface area contributed by atoms with Gasteiger partial charge in [0.2, 0.25) is 0 Å². The molecule has 0 aromatic carbocycles. The molecule has 0 saturated heterocycles. The molecule has 0 amide bonds. The van der Waals surface area contributed by atoms with Gasteiger partial charge < -0.3 is 1.43 Å². The number of rotatable bonds is 0. The summed E-state index contributed by atoms with van der Waals surface area (Å²) >= 11 is 11.0. The van der Waals surface area contributed by atoms with Gasteiger partial charge in [-0.05, 0) is 12.1 Å². The van der Waals surface area contributed by atoms with E-state index >= 15 is 0 Å². The van der Waals surface area contributed by atoms with Crippen molar-refractivity contribution in [3.05, 3.63) is 28.5 Å². The van der Waals surface area contributed by atoms with E-state index in [0.29, 0.717) is 10.2 Å². The largest absolute Gasteiger partial charge is 1.00 e. The Hall–Kier alpha value is 1.37. The standard InChI is InChI=1S/C5H3Cl2N.K.H/c6-4-2-1-3-8-5(4)7;;/h1-3H;;/q;+1;-1. The maximum Gasteiger partial charge on any atom is 1.00 e. The molecule has 4 heteroatoms. The predicted molar refractivity (Wildman–Crippen MR) is 35.4 cm³/mol. The summed E-state index contributed by atoms with van der Waals surface area (Å²) in [6.45, 7) is 0. The van der Waals surface area contributed by atoms with E-state index in [9.17, 15) is 0 Å². The number of halogens is 2. The number of nitrogens with zero attached hydrogens (tertiary/aromatic N) is 1. The molecular weight excluding hydrogens is 184 g/mol. The minimum Gasteiger partial charge on any atom is -1.00 e. The molecule has 0 aliphatic rings. The van der Waals surface area contributed by atoms with Gasteiger partial charge in [0.05, 0.1) is 5.02 Å². The number of aromatic nitrogens is 1. The molecule has 1 rings (SSSR count). The SMILES string of the molecule is Clc1cccnc1Cl.[H-].[K+]. The van der Waals surface area contributed by atoms with Gasteiger partial charge in [0.1, 0.15) is 5.15 Å². The third-order valence-corrected chi connectivity index (χ3v) is 1.42. The van der Waals surface area contributed by atoms with E-state index in [-0.39, 0.29) is 52.8 Å². The van der Waals surface area contributed by atoms with E-state index < -0.39 is 0 Å². The van der Waals surface area contributed by atoms with Crippen molar-refractivity contribution in [3.8, 4) is 0 Å². The zero-order valence-electron chi connectivity index (χ0n) is 5.94. The van der Waals surface area contributed by atoms with Gasteiger partial charge in [-0.25, -0.2) is 4.98 Å². The molecule has 44 valence electrons. The van der Waals surface area contributed by atoms with Gasteiger partial charge in [0.15, 0.2) is 0 Å². The van der Waals surface area contributed by atoms with Crippen molar-refractivity contribution in [2.75, 3.05) is 0 Å². The van der Waals surface area contributed by atoms with Gasteiger partial charge >= 0.3 is 51.4 Å². The second kappa shape index (κ2) is 5.07. The van der Waals surface area contributed by atoms with Crippen LogP contribution in [0.4, 0.5) is 0 Å². The Morgan fingerprint density at radius 2 is 2.11 bits per heavy atom. The maximum atomic E-state index is 5.51. The van der Waals surface area contributed by atoms with Crippen molar-refractivity contribution in [2.45, 2.75) is 0 Å². The van der Waals surface area contributed by atoms with Crippen LogP contribution in [0.15, 0.2) is 18.3 Å². The second-order valence-electron chi connectivity index (χ2n) is 1.28. The van der Waals surface area contributed by atoms with Crippen molar-refractivity contribution < 1.29 is 52.8 Å². The molecule has 0 radical (unpaired) electrons. The molecule has 0 aliphatic heterocycles. The molecule has 0 spiro atoms. The quantitative estimate of drug-likeness (QED) is 0.395. The van der Waals surface area contributed by atoms with Crippen molar-refractivity contribution in [1.29, 1.82) is 0 Å². The molecule has 0 atom stereocenters. The second-order valence-corrected chi connectivity index (χ2v) is 2.04. The van der Waals surface area contributed by atoms with Crippen molar-refractivity contribution in [1.82, 2.24) is 4.98 Å². The van der Waals surface area contributed by atoms with Crippen LogP contribution >= 0.6 is 23.2 Å². The molecule has 1 nitrogen and oxygen atoms in total. The number of hydrogen-bond acceptors (Lipinski definition) is 1. The third kappa shape index (κ3) is 3.32. The zero-order valence-corrected chi connectivity index (χ0v) is 9.57. The van der Waals surface area contributed by atoms with Crippen LogP contribution in [0.1, 0.15) is 1.43 Å². The van der Waals surface area contributed by atoms with Crippen LogP contribution in [0.3, 0.4) is 0 Å². The summed E-state index contributed by atoms with van der Waals surface area (Å²) in [5, 5.41) is 0.850. The first-order chi connectivity index (χ1) is 3.80. The Kier molecular flexibility index (Phi) is 5.85. The number of pyridine rings is 1. The molecule has 0 unspecified atom stereocenters. The summed E-state index contributed by atoms with van der Waals surface area (Å²) in [7, 11) is 0. The third-order valence-electron chi connectivity index (χ3n) is 0.714. The van der Waals surface area contributed by atoms with Crippen LogP contribution in [0.5, 0.6) is 0 Å². The molecule has 0 fully saturated rings. The summed E-state index contributed by atoms with van der Waals surface area (Å²) in [5.74, 6) is 0. The minimum atomic E-state index is 0. The van der Waals surface area contributed by atoms with Crippen LogP contribution in [0.25, 0.3) is 0 Å². The molecule has 0 aliphatic carbocycles. The van der Waals surface area contributed by atoms with E-state index in [1.807, 2.05) is 0 Å². The van der Waals surface area contributed by atoms with E-state index in [1.165, 1.54) is 0 Å². The first kappa shape index (κ1) is 10.4. The Morgan fingerprint density at radius 3 is 2.44 bits per heavy atom. The van der Waals surface area contributed by atoms with Gasteiger partial charge in [-0.3, -0.25) is 0 Å². The fourth-order valence-electron chi connectivity index (χ4n) is 0.366. The van der Waals surface area contributed by atoms with Gasteiger partial charge in [-0.1, -0.05) is 23.2 Å². The normalized spacial score (nSPS) is 8.22. The summed E-state index contributed by atoms with van der Waals surface area (Å²) < 4.78 is 0. The minimum absolute atomic E-state index is 0. The van der Waals surface area contributed by atoms with Crippen LogP contribution < -0.4 is 51.4 Å². The van der Waals surface area contributed by atoms with Crippen LogP contribution in [-0.4, -0.2) is 4.98 Å². The topological polar surface area (TPSA) is 12.9 Å². The Morgan fingerprint density at radius 1 is 1.44 bits per heavy atom. The Balaban J connectivity index is 0. The Bertz CT molecular complexity index is 176. The van der Waals surface area contributed by atoms with Gasteiger partial charge in [0, 0.05) is 6.20 Å². The molecule has 0 bridgehead atoms. The predicted octanol–water partition coefficient (Wildman–Crippen LogP) is -0.495. The van der Waals surface area contributed by atoms with E-state index in [4.69, 9.17) is 23.2 Å².